The zero-order valence-corrected chi connectivity index (χ0v) is 9.62. The second-order valence-corrected chi connectivity index (χ2v) is 3.59. The van der Waals surface area contributed by atoms with E-state index in [1.807, 2.05) is 0 Å². The summed E-state index contributed by atoms with van der Waals surface area (Å²) in [7, 11) is 0. The number of ether oxygens (including phenoxy) is 1. The van der Waals surface area contributed by atoms with Crippen LogP contribution in [0.3, 0.4) is 0 Å². The molecular weight excluding hydrogens is 255 g/mol. The van der Waals surface area contributed by atoms with Gasteiger partial charge in [-0.3, -0.25) is 15.1 Å². The van der Waals surface area contributed by atoms with Crippen LogP contribution in [0.5, 0.6) is 5.75 Å². The van der Waals surface area contributed by atoms with Gasteiger partial charge in [0.1, 0.15) is 12.4 Å². The normalized spacial score (nSPS) is 10.2. The van der Waals surface area contributed by atoms with Crippen molar-refractivity contribution in [3.63, 3.8) is 0 Å². The Morgan fingerprint density at radius 1 is 1.37 bits per heavy atom. The molecule has 0 saturated carbocycles. The zero-order chi connectivity index (χ0) is 13.8. The fourth-order valence-electron chi connectivity index (χ4n) is 1.31. The van der Waals surface area contributed by atoms with Gasteiger partial charge in [-0.15, -0.1) is 0 Å². The summed E-state index contributed by atoms with van der Waals surface area (Å²) in [5, 5.41) is 10.4. The molecule has 0 radical (unpaired) electrons. The number of nitrogen functional groups attached to an aromatic ring is 1. The molecule has 2 N–H and O–H groups in total. The summed E-state index contributed by atoms with van der Waals surface area (Å²) in [4.78, 5) is 17.5. The van der Waals surface area contributed by atoms with Crippen LogP contribution in [0.4, 0.5) is 15.9 Å². The van der Waals surface area contributed by atoms with Gasteiger partial charge in [-0.05, 0) is 6.07 Å². The number of nitrogens with two attached hydrogens (primary N) is 1. The third-order valence-electron chi connectivity index (χ3n) is 2.23. The van der Waals surface area contributed by atoms with Crippen LogP contribution in [-0.4, -0.2) is 14.9 Å². The molecule has 19 heavy (non-hydrogen) atoms. The predicted octanol–water partition coefficient (Wildman–Crippen LogP) is 1.69. The third-order valence-corrected chi connectivity index (χ3v) is 2.23. The summed E-state index contributed by atoms with van der Waals surface area (Å²) >= 11 is 0. The molecule has 1 heterocycles. The van der Waals surface area contributed by atoms with E-state index >= 15 is 0 Å². The van der Waals surface area contributed by atoms with Gasteiger partial charge in [0.2, 0.25) is 0 Å². The molecule has 2 aromatic rings. The molecule has 0 aliphatic heterocycles. The Hall–Kier alpha value is -2.77. The molecule has 98 valence electrons. The predicted molar refractivity (Wildman–Crippen MR) is 63.8 cm³/mol. The lowest BCUT2D eigenvalue weighted by Gasteiger charge is -2.06. The largest absolute Gasteiger partial charge is 0.484 e. The highest BCUT2D eigenvalue weighted by Crippen LogP contribution is 2.23. The first-order valence-electron chi connectivity index (χ1n) is 5.19. The molecule has 0 atom stereocenters. The maximum absolute atomic E-state index is 13.5. The van der Waals surface area contributed by atoms with Crippen LogP contribution in [-0.2, 0) is 6.61 Å². The van der Waals surface area contributed by atoms with Crippen LogP contribution in [0.15, 0.2) is 30.6 Å². The third kappa shape index (κ3) is 3.12. The van der Waals surface area contributed by atoms with Gasteiger partial charge in [-0.1, -0.05) is 0 Å². The smallest absolute Gasteiger partial charge is 0.272 e. The van der Waals surface area contributed by atoms with Crippen molar-refractivity contribution in [2.75, 3.05) is 5.73 Å². The second kappa shape index (κ2) is 5.25. The quantitative estimate of drug-likeness (QED) is 0.665. The van der Waals surface area contributed by atoms with Crippen molar-refractivity contribution in [2.45, 2.75) is 6.61 Å². The average Bonchev–Trinajstić information content (AvgIpc) is 2.39. The van der Waals surface area contributed by atoms with Gasteiger partial charge in [0.15, 0.2) is 11.6 Å². The molecule has 0 saturated heterocycles. The van der Waals surface area contributed by atoms with Gasteiger partial charge < -0.3 is 10.5 Å². The summed E-state index contributed by atoms with van der Waals surface area (Å²) in [5.74, 6) is -0.632. The molecule has 0 unspecified atom stereocenters. The fourth-order valence-corrected chi connectivity index (χ4v) is 1.31. The van der Waals surface area contributed by atoms with E-state index in [1.165, 1.54) is 18.5 Å². The first kappa shape index (κ1) is 12.7. The first-order valence-corrected chi connectivity index (χ1v) is 5.19. The highest BCUT2D eigenvalue weighted by molar-refractivity contribution is 5.37. The van der Waals surface area contributed by atoms with E-state index in [1.54, 1.807) is 0 Å². The van der Waals surface area contributed by atoms with E-state index in [2.05, 4.69) is 9.97 Å². The van der Waals surface area contributed by atoms with Crippen LogP contribution in [0.2, 0.25) is 0 Å². The summed E-state index contributed by atoms with van der Waals surface area (Å²) in [6, 6.07) is 3.15. The molecule has 0 aliphatic carbocycles. The van der Waals surface area contributed by atoms with Crippen molar-refractivity contribution in [3.8, 4) is 5.75 Å². The zero-order valence-electron chi connectivity index (χ0n) is 9.62. The van der Waals surface area contributed by atoms with Crippen LogP contribution in [0.25, 0.3) is 0 Å². The standard InChI is InChI=1S/C11H9FN4O3/c12-9-3-8(16(17)18)1-2-10(9)19-6-7-4-15-11(13)5-14-7/h1-5H,6H2,(H2,13,15). The van der Waals surface area contributed by atoms with E-state index in [-0.39, 0.29) is 23.9 Å². The van der Waals surface area contributed by atoms with E-state index in [4.69, 9.17) is 10.5 Å². The number of benzene rings is 1. The van der Waals surface area contributed by atoms with Crippen LogP contribution in [0, 0.1) is 15.9 Å². The van der Waals surface area contributed by atoms with E-state index < -0.39 is 10.7 Å². The van der Waals surface area contributed by atoms with Gasteiger partial charge in [-0.25, -0.2) is 9.37 Å². The molecule has 8 heteroatoms. The highest BCUT2D eigenvalue weighted by Gasteiger charge is 2.11. The van der Waals surface area contributed by atoms with E-state index in [9.17, 15) is 14.5 Å². The van der Waals surface area contributed by atoms with Gasteiger partial charge >= 0.3 is 0 Å². The molecule has 0 spiro atoms. The van der Waals surface area contributed by atoms with Crippen molar-refractivity contribution >= 4 is 11.5 Å². The number of halogens is 1. The lowest BCUT2D eigenvalue weighted by molar-refractivity contribution is -0.385. The van der Waals surface area contributed by atoms with Crippen molar-refractivity contribution in [3.05, 3.63) is 52.2 Å². The number of hydrogen-bond donors (Lipinski definition) is 1. The minimum atomic E-state index is -0.808. The summed E-state index contributed by atoms with van der Waals surface area (Å²) in [6.45, 7) is -0.0119. The van der Waals surface area contributed by atoms with Crippen LogP contribution < -0.4 is 10.5 Å². The molecule has 2 rings (SSSR count). The Kier molecular flexibility index (Phi) is 3.51. The number of nitro benzene ring substituents is 1. The molecule has 0 aliphatic rings. The van der Waals surface area contributed by atoms with Crippen LogP contribution >= 0.6 is 0 Å². The number of non-ortho nitro benzene ring substituents is 1. The first-order chi connectivity index (χ1) is 9.06. The topological polar surface area (TPSA) is 104 Å². The van der Waals surface area contributed by atoms with E-state index in [0.29, 0.717) is 5.69 Å². The molecule has 0 bridgehead atoms. The Morgan fingerprint density at radius 3 is 2.74 bits per heavy atom. The maximum Gasteiger partial charge on any atom is 0.272 e. The van der Waals surface area contributed by atoms with Crippen molar-refractivity contribution < 1.29 is 14.1 Å². The van der Waals surface area contributed by atoms with Crippen molar-refractivity contribution in [1.29, 1.82) is 0 Å². The SMILES string of the molecule is Nc1cnc(COc2ccc([N+](=O)[O-])cc2F)cn1. The number of nitrogens with zero attached hydrogens (tertiary/aromatic N) is 3. The lowest BCUT2D eigenvalue weighted by atomic mass is 10.3. The monoisotopic (exact) mass is 264 g/mol. The van der Waals surface area contributed by atoms with Crippen molar-refractivity contribution in [1.82, 2.24) is 9.97 Å². The second-order valence-electron chi connectivity index (χ2n) is 3.59. The summed E-state index contributed by atoms with van der Waals surface area (Å²) < 4.78 is 18.6. The number of aromatic nitrogens is 2. The Bertz CT molecular complexity index is 603. The molecule has 0 fully saturated rings. The van der Waals surface area contributed by atoms with Gasteiger partial charge in [0.05, 0.1) is 29.1 Å². The Labute approximate surface area is 107 Å². The highest BCUT2D eigenvalue weighted by atomic mass is 19.1. The molecule has 1 aromatic carbocycles. The Balaban J connectivity index is 2.07. The molecule has 1 aromatic heterocycles. The van der Waals surface area contributed by atoms with Crippen molar-refractivity contribution in [2.24, 2.45) is 0 Å². The number of anilines is 1. The fraction of sp³-hybridized carbons (Fsp3) is 0.0909. The maximum atomic E-state index is 13.5. The van der Waals surface area contributed by atoms with E-state index in [0.717, 1.165) is 12.1 Å². The summed E-state index contributed by atoms with van der Waals surface area (Å²) in [5.41, 5.74) is 5.49. The minimum absolute atomic E-state index is 0.0119. The van der Waals surface area contributed by atoms with Gasteiger partial charge in [0, 0.05) is 6.07 Å². The van der Waals surface area contributed by atoms with Gasteiger partial charge in [-0.2, -0.15) is 0 Å². The lowest BCUT2D eigenvalue weighted by Crippen LogP contribution is -2.02. The molecule has 7 nitrogen and oxygen atoms in total. The summed E-state index contributed by atoms with van der Waals surface area (Å²) in [6.07, 6.45) is 2.75. The van der Waals surface area contributed by atoms with Crippen LogP contribution in [0.1, 0.15) is 5.69 Å². The van der Waals surface area contributed by atoms with Gasteiger partial charge in [0.25, 0.3) is 5.69 Å². The number of hydrogen-bond acceptors (Lipinski definition) is 6. The molecular formula is C11H9FN4O3. The Morgan fingerprint density at radius 2 is 2.16 bits per heavy atom. The number of nitro groups is 1. The number of rotatable bonds is 4. The minimum Gasteiger partial charge on any atom is -0.484 e. The molecule has 0 amide bonds. The average molecular weight is 264 g/mol.